The summed E-state index contributed by atoms with van der Waals surface area (Å²) in [5.74, 6) is 0.887. The van der Waals surface area contributed by atoms with Gasteiger partial charge in [-0.1, -0.05) is 12.1 Å². The second kappa shape index (κ2) is 13.6. The van der Waals surface area contributed by atoms with Gasteiger partial charge in [-0.25, -0.2) is 4.79 Å². The Labute approximate surface area is 223 Å². The number of hydrogen-bond acceptors (Lipinski definition) is 10. The summed E-state index contributed by atoms with van der Waals surface area (Å²) >= 11 is 0. The molecule has 0 unspecified atom stereocenters. The number of benzene rings is 1. The molecule has 0 atom stereocenters. The zero-order valence-corrected chi connectivity index (χ0v) is 22.5. The van der Waals surface area contributed by atoms with E-state index < -0.39 is 0 Å². The number of H-pyrrole nitrogens is 1. The highest BCUT2D eigenvalue weighted by Crippen LogP contribution is 2.24. The summed E-state index contributed by atoms with van der Waals surface area (Å²) in [5, 5.41) is 3.54. The van der Waals surface area contributed by atoms with Crippen LogP contribution in [0.3, 0.4) is 0 Å². The topological polar surface area (TPSA) is 153 Å². The minimum atomic E-state index is -0.320. The fourth-order valence-corrected chi connectivity index (χ4v) is 4.78. The smallest absolute Gasteiger partial charge is 0.328 e. The molecule has 38 heavy (non-hydrogen) atoms. The Morgan fingerprint density at radius 2 is 1.84 bits per heavy atom. The molecule has 1 fully saturated rings. The molecule has 4 rings (SSSR count). The van der Waals surface area contributed by atoms with Gasteiger partial charge >= 0.3 is 11.7 Å². The van der Waals surface area contributed by atoms with Crippen LogP contribution in [0.25, 0.3) is 11.2 Å². The van der Waals surface area contributed by atoms with Crippen molar-refractivity contribution in [2.75, 3.05) is 71.8 Å². The molecule has 0 radical (unpaired) electrons. The molecular weight excluding hydrogens is 486 g/mol. The predicted molar refractivity (Wildman–Crippen MR) is 149 cm³/mol. The van der Waals surface area contributed by atoms with Crippen molar-refractivity contribution >= 4 is 17.0 Å². The van der Waals surface area contributed by atoms with E-state index in [4.69, 9.17) is 20.9 Å². The van der Waals surface area contributed by atoms with Gasteiger partial charge in [0.15, 0.2) is 11.5 Å². The average Bonchev–Trinajstić information content (AvgIpc) is 3.24. The molecule has 208 valence electrons. The lowest BCUT2D eigenvalue weighted by atomic mass is 10.1. The molecule has 1 aliphatic rings. The van der Waals surface area contributed by atoms with Crippen molar-refractivity contribution in [3.8, 4) is 11.8 Å². The van der Waals surface area contributed by atoms with Crippen LogP contribution in [0.15, 0.2) is 23.0 Å². The molecule has 3 aromatic rings. The average molecular weight is 528 g/mol. The zero-order valence-electron chi connectivity index (χ0n) is 22.5. The summed E-state index contributed by atoms with van der Waals surface area (Å²) in [7, 11) is 1.64. The maximum atomic E-state index is 12.7. The summed E-state index contributed by atoms with van der Waals surface area (Å²) in [6.07, 6.45) is 2.19. The molecule has 12 nitrogen and oxygen atoms in total. The summed E-state index contributed by atoms with van der Waals surface area (Å²) in [5.41, 5.74) is 14.1. The van der Waals surface area contributed by atoms with Crippen molar-refractivity contribution < 1.29 is 9.47 Å². The number of nitrogens with zero attached hydrogens (tertiary/aromatic N) is 5. The number of imidazole rings is 1. The first-order valence-electron chi connectivity index (χ1n) is 13.4. The Balaban J connectivity index is 1.30. The standard InChI is InChI=1S/C26H41N9O3/c1-3-38-25-31-23(28)22-24(32-25)35(26(36)30-22)18-20-7-6-19(16-21(20)37-2)17-29-9-5-11-34-14-12-33(13-15-34)10-4-8-27/h6-7,16,29H,3-5,8-15,17-18,27H2,1-2H3,(H,30,36)(H2,28,31,32). The Bertz CT molecular complexity index is 1230. The molecule has 12 heteroatoms. The number of anilines is 1. The minimum absolute atomic E-state index is 0.142. The molecule has 1 saturated heterocycles. The lowest BCUT2D eigenvalue weighted by Crippen LogP contribution is -2.47. The van der Waals surface area contributed by atoms with Gasteiger partial charge in [-0.15, -0.1) is 0 Å². The van der Waals surface area contributed by atoms with E-state index in [0.717, 1.165) is 82.9 Å². The van der Waals surface area contributed by atoms with Crippen LogP contribution in [0.4, 0.5) is 5.82 Å². The Morgan fingerprint density at radius 1 is 1.11 bits per heavy atom. The third-order valence-electron chi connectivity index (χ3n) is 6.88. The number of methoxy groups -OCH3 is 1. The third kappa shape index (κ3) is 7.01. The molecule has 0 spiro atoms. The first-order valence-corrected chi connectivity index (χ1v) is 13.4. The number of nitrogens with one attached hydrogen (secondary N) is 2. The monoisotopic (exact) mass is 527 g/mol. The molecule has 1 aliphatic heterocycles. The molecule has 1 aromatic carbocycles. The van der Waals surface area contributed by atoms with Crippen LogP contribution in [0.2, 0.25) is 0 Å². The first-order chi connectivity index (χ1) is 18.5. The van der Waals surface area contributed by atoms with Crippen molar-refractivity contribution in [2.45, 2.75) is 32.9 Å². The van der Waals surface area contributed by atoms with Crippen molar-refractivity contribution in [1.82, 2.24) is 34.6 Å². The van der Waals surface area contributed by atoms with E-state index in [9.17, 15) is 4.79 Å². The number of piperazine rings is 1. The maximum absolute atomic E-state index is 12.7. The van der Waals surface area contributed by atoms with E-state index in [1.165, 1.54) is 4.57 Å². The fourth-order valence-electron chi connectivity index (χ4n) is 4.78. The summed E-state index contributed by atoms with van der Waals surface area (Å²) in [4.78, 5) is 29.0. The molecule has 3 heterocycles. The van der Waals surface area contributed by atoms with Gasteiger partial charge in [0.05, 0.1) is 20.3 Å². The number of aromatic nitrogens is 4. The molecular formula is C26H41N9O3. The van der Waals surface area contributed by atoms with Gasteiger partial charge in [-0.2, -0.15) is 9.97 Å². The van der Waals surface area contributed by atoms with Gasteiger partial charge in [0.2, 0.25) is 0 Å². The third-order valence-corrected chi connectivity index (χ3v) is 6.88. The van der Waals surface area contributed by atoms with E-state index in [-0.39, 0.29) is 24.1 Å². The predicted octanol–water partition coefficient (Wildman–Crippen LogP) is 0.604. The molecule has 0 saturated carbocycles. The van der Waals surface area contributed by atoms with Crippen LogP contribution < -0.4 is 31.9 Å². The number of nitrogen functional groups attached to an aromatic ring is 1. The van der Waals surface area contributed by atoms with Gasteiger partial charge in [0, 0.05) is 38.3 Å². The largest absolute Gasteiger partial charge is 0.496 e. The maximum Gasteiger partial charge on any atom is 0.328 e. The zero-order chi connectivity index (χ0) is 26.9. The van der Waals surface area contributed by atoms with Crippen LogP contribution in [0.1, 0.15) is 30.9 Å². The van der Waals surface area contributed by atoms with E-state index in [0.29, 0.717) is 23.5 Å². The summed E-state index contributed by atoms with van der Waals surface area (Å²) in [6.45, 7) is 11.7. The van der Waals surface area contributed by atoms with Gasteiger partial charge in [-0.3, -0.25) is 4.57 Å². The van der Waals surface area contributed by atoms with E-state index in [1.807, 2.05) is 19.1 Å². The molecule has 6 N–H and O–H groups in total. The molecule has 0 aliphatic carbocycles. The molecule has 0 bridgehead atoms. The second-order valence-corrected chi connectivity index (χ2v) is 9.54. The molecule has 2 aromatic heterocycles. The number of rotatable bonds is 14. The van der Waals surface area contributed by atoms with Crippen LogP contribution in [0.5, 0.6) is 11.8 Å². The Morgan fingerprint density at radius 3 is 2.53 bits per heavy atom. The molecule has 0 amide bonds. The first kappa shape index (κ1) is 27.8. The quantitative estimate of drug-likeness (QED) is 0.219. The lowest BCUT2D eigenvalue weighted by Gasteiger charge is -2.34. The number of fused-ring (bicyclic) bond motifs is 1. The van der Waals surface area contributed by atoms with Gasteiger partial charge in [0.25, 0.3) is 0 Å². The highest BCUT2D eigenvalue weighted by molar-refractivity contribution is 5.82. The summed E-state index contributed by atoms with van der Waals surface area (Å²) < 4.78 is 12.6. The fraction of sp³-hybridized carbons (Fsp3) is 0.577. The van der Waals surface area contributed by atoms with Crippen LogP contribution in [-0.2, 0) is 13.1 Å². The normalized spacial score (nSPS) is 14.8. The Kier molecular flexibility index (Phi) is 9.93. The highest BCUT2D eigenvalue weighted by Gasteiger charge is 2.17. The highest BCUT2D eigenvalue weighted by atomic mass is 16.5. The Hall–Kier alpha value is -3.19. The van der Waals surface area contributed by atoms with Crippen molar-refractivity contribution in [1.29, 1.82) is 0 Å². The van der Waals surface area contributed by atoms with E-state index in [2.05, 4.69) is 36.1 Å². The van der Waals surface area contributed by atoms with Crippen LogP contribution in [0, 0.1) is 0 Å². The lowest BCUT2D eigenvalue weighted by molar-refractivity contribution is 0.131. The van der Waals surface area contributed by atoms with Crippen LogP contribution >= 0.6 is 0 Å². The van der Waals surface area contributed by atoms with Gasteiger partial charge in [0.1, 0.15) is 11.3 Å². The summed E-state index contributed by atoms with van der Waals surface area (Å²) in [6, 6.07) is 6.19. The number of hydrogen-bond donors (Lipinski definition) is 4. The minimum Gasteiger partial charge on any atom is -0.496 e. The van der Waals surface area contributed by atoms with E-state index in [1.54, 1.807) is 7.11 Å². The van der Waals surface area contributed by atoms with Crippen molar-refractivity contribution in [3.05, 3.63) is 39.8 Å². The van der Waals surface area contributed by atoms with Crippen molar-refractivity contribution in [3.63, 3.8) is 0 Å². The van der Waals surface area contributed by atoms with E-state index >= 15 is 0 Å². The second-order valence-electron chi connectivity index (χ2n) is 9.54. The number of ether oxygens (including phenoxy) is 2. The number of aromatic amines is 1. The van der Waals surface area contributed by atoms with Gasteiger partial charge in [-0.05, 0) is 57.6 Å². The van der Waals surface area contributed by atoms with Gasteiger partial charge < -0.3 is 41.0 Å². The van der Waals surface area contributed by atoms with Crippen LogP contribution in [-0.4, -0.2) is 95.4 Å². The SMILES string of the molecule is CCOc1nc(N)c2[nH]c(=O)n(Cc3ccc(CNCCCN4CCN(CCCN)CC4)cc3OC)c2n1. The van der Waals surface area contributed by atoms with Crippen molar-refractivity contribution in [2.24, 2.45) is 5.73 Å². The number of nitrogens with two attached hydrogens (primary N) is 2.